The summed E-state index contributed by atoms with van der Waals surface area (Å²) in [4.78, 5) is 29.6. The first-order valence-corrected chi connectivity index (χ1v) is 8.85. The van der Waals surface area contributed by atoms with Crippen molar-refractivity contribution in [3.05, 3.63) is 16.1 Å². The summed E-state index contributed by atoms with van der Waals surface area (Å²) in [5.41, 5.74) is 0.162. The molecule has 2 aliphatic rings. The van der Waals surface area contributed by atoms with E-state index < -0.39 is 11.5 Å². The normalized spacial score (nSPS) is 20.6. The van der Waals surface area contributed by atoms with Gasteiger partial charge in [-0.05, 0) is 25.7 Å². The molecule has 0 saturated heterocycles. The van der Waals surface area contributed by atoms with E-state index in [0.717, 1.165) is 10.7 Å². The molecule has 1 N–H and O–H groups in total. The number of carbonyl (C=O) groups excluding carboxylic acids is 1. The van der Waals surface area contributed by atoms with Crippen molar-refractivity contribution < 1.29 is 14.7 Å². The monoisotopic (exact) mass is 322 g/mol. The lowest BCUT2D eigenvalue weighted by atomic mass is 9.87. The Morgan fingerprint density at radius 1 is 1.36 bits per heavy atom. The second-order valence-electron chi connectivity index (χ2n) is 6.47. The molecular formula is C16H22N2O3S. The lowest BCUT2D eigenvalue weighted by Crippen LogP contribution is -2.45. The minimum absolute atomic E-state index is 0.149. The number of carboxylic acids is 1. The second kappa shape index (κ2) is 5.99. The van der Waals surface area contributed by atoms with Crippen molar-refractivity contribution in [2.24, 2.45) is 0 Å². The molecule has 0 spiro atoms. The smallest absolute Gasteiger partial charge is 0.329 e. The Morgan fingerprint density at radius 3 is 2.64 bits per heavy atom. The Morgan fingerprint density at radius 2 is 2.05 bits per heavy atom. The summed E-state index contributed by atoms with van der Waals surface area (Å²) in [7, 11) is 1.60. The molecule has 5 nitrogen and oxygen atoms in total. The van der Waals surface area contributed by atoms with Crippen molar-refractivity contribution in [3.8, 4) is 0 Å². The Hall–Kier alpha value is -1.43. The first kappa shape index (κ1) is 15.5. The fraction of sp³-hybridized carbons (Fsp3) is 0.688. The van der Waals surface area contributed by atoms with Gasteiger partial charge in [-0.15, -0.1) is 11.3 Å². The largest absolute Gasteiger partial charge is 0.479 e. The van der Waals surface area contributed by atoms with Crippen LogP contribution >= 0.6 is 11.3 Å². The van der Waals surface area contributed by atoms with Gasteiger partial charge in [0.05, 0.1) is 12.1 Å². The number of amides is 1. The average Bonchev–Trinajstić information content (AvgIpc) is 3.22. The van der Waals surface area contributed by atoms with Gasteiger partial charge < -0.3 is 10.0 Å². The van der Waals surface area contributed by atoms with Crippen LogP contribution in [-0.2, 0) is 16.0 Å². The topological polar surface area (TPSA) is 70.5 Å². The van der Waals surface area contributed by atoms with E-state index in [9.17, 15) is 14.7 Å². The molecule has 1 aromatic rings. The standard InChI is InChI=1S/C16H22N2O3S/c1-18(16(7-8-16)15(20)21)14(19)9-13-17-12(10-22-13)11-5-3-2-4-6-11/h10-11H,2-9H2,1H3,(H,20,21). The van der Waals surface area contributed by atoms with Gasteiger partial charge in [-0.3, -0.25) is 4.79 Å². The quantitative estimate of drug-likeness (QED) is 0.905. The number of carboxylic acid groups (broad SMARTS) is 1. The van der Waals surface area contributed by atoms with Gasteiger partial charge in [0.1, 0.15) is 10.5 Å². The SMILES string of the molecule is CN(C(=O)Cc1nc(C2CCCCC2)cs1)C1(C(=O)O)CC1. The van der Waals surface area contributed by atoms with Crippen molar-refractivity contribution in [1.82, 2.24) is 9.88 Å². The molecule has 0 atom stereocenters. The summed E-state index contributed by atoms with van der Waals surface area (Å²) in [5, 5.41) is 12.1. The van der Waals surface area contributed by atoms with Crippen LogP contribution in [0.3, 0.4) is 0 Å². The van der Waals surface area contributed by atoms with Crippen LogP contribution in [0, 0.1) is 0 Å². The molecule has 0 aromatic carbocycles. The fourth-order valence-corrected chi connectivity index (χ4v) is 4.16. The summed E-state index contributed by atoms with van der Waals surface area (Å²) < 4.78 is 0. The van der Waals surface area contributed by atoms with Crippen molar-refractivity contribution in [1.29, 1.82) is 0 Å². The molecule has 3 rings (SSSR count). The number of likely N-dealkylation sites (N-methyl/N-ethyl adjacent to an activating group) is 1. The van der Waals surface area contributed by atoms with E-state index in [0.29, 0.717) is 18.8 Å². The van der Waals surface area contributed by atoms with E-state index in [-0.39, 0.29) is 12.3 Å². The van der Waals surface area contributed by atoms with Crippen LogP contribution < -0.4 is 0 Å². The molecule has 0 bridgehead atoms. The lowest BCUT2D eigenvalue weighted by molar-refractivity contribution is -0.150. The maximum atomic E-state index is 12.3. The van der Waals surface area contributed by atoms with Crippen molar-refractivity contribution in [2.45, 2.75) is 62.8 Å². The predicted molar refractivity (Wildman–Crippen MR) is 84.0 cm³/mol. The molecule has 2 aliphatic carbocycles. The van der Waals surface area contributed by atoms with Gasteiger partial charge in [-0.1, -0.05) is 19.3 Å². The number of hydrogen-bond donors (Lipinski definition) is 1. The van der Waals surface area contributed by atoms with E-state index in [1.807, 2.05) is 0 Å². The van der Waals surface area contributed by atoms with E-state index in [2.05, 4.69) is 10.4 Å². The highest BCUT2D eigenvalue weighted by molar-refractivity contribution is 7.09. The zero-order valence-corrected chi connectivity index (χ0v) is 13.7. The van der Waals surface area contributed by atoms with Crippen LogP contribution in [0.25, 0.3) is 0 Å². The van der Waals surface area contributed by atoms with Crippen LogP contribution in [0.4, 0.5) is 0 Å². The van der Waals surface area contributed by atoms with Crippen LogP contribution in [0.15, 0.2) is 5.38 Å². The van der Waals surface area contributed by atoms with Gasteiger partial charge in [-0.25, -0.2) is 9.78 Å². The molecule has 6 heteroatoms. The molecular weight excluding hydrogens is 300 g/mol. The summed E-state index contributed by atoms with van der Waals surface area (Å²) in [6.45, 7) is 0. The highest BCUT2D eigenvalue weighted by Gasteiger charge is 2.55. The number of carbonyl (C=O) groups is 2. The Bertz CT molecular complexity index is 574. The number of rotatable bonds is 5. The molecule has 0 aliphatic heterocycles. The zero-order valence-electron chi connectivity index (χ0n) is 12.9. The first-order chi connectivity index (χ1) is 10.5. The molecule has 2 saturated carbocycles. The van der Waals surface area contributed by atoms with Crippen LogP contribution in [0.5, 0.6) is 0 Å². The van der Waals surface area contributed by atoms with Crippen molar-refractivity contribution in [3.63, 3.8) is 0 Å². The molecule has 1 heterocycles. The minimum atomic E-state index is -0.958. The van der Waals surface area contributed by atoms with E-state index >= 15 is 0 Å². The van der Waals surface area contributed by atoms with E-state index in [1.165, 1.54) is 48.3 Å². The average molecular weight is 322 g/mol. The highest BCUT2D eigenvalue weighted by Crippen LogP contribution is 2.41. The van der Waals surface area contributed by atoms with Crippen LogP contribution in [0.2, 0.25) is 0 Å². The van der Waals surface area contributed by atoms with Crippen LogP contribution in [-0.4, -0.2) is 39.5 Å². The summed E-state index contributed by atoms with van der Waals surface area (Å²) in [5.74, 6) is -0.504. The fourth-order valence-electron chi connectivity index (χ4n) is 3.29. The Kier molecular flexibility index (Phi) is 4.21. The van der Waals surface area contributed by atoms with Gasteiger partial charge in [0.2, 0.25) is 5.91 Å². The molecule has 0 radical (unpaired) electrons. The third kappa shape index (κ3) is 2.89. The molecule has 2 fully saturated rings. The van der Waals surface area contributed by atoms with Crippen LogP contribution in [0.1, 0.15) is 61.6 Å². The molecule has 22 heavy (non-hydrogen) atoms. The number of aliphatic carboxylic acids is 1. The lowest BCUT2D eigenvalue weighted by Gasteiger charge is -2.24. The predicted octanol–water partition coefficient (Wildman–Crippen LogP) is 2.81. The Balaban J connectivity index is 1.62. The van der Waals surface area contributed by atoms with Crippen molar-refractivity contribution in [2.75, 3.05) is 7.05 Å². The first-order valence-electron chi connectivity index (χ1n) is 7.97. The summed E-state index contributed by atoms with van der Waals surface area (Å²) >= 11 is 1.52. The number of hydrogen-bond acceptors (Lipinski definition) is 4. The van der Waals surface area contributed by atoms with Gasteiger partial charge in [0.15, 0.2) is 0 Å². The molecule has 120 valence electrons. The Labute approximate surface area is 134 Å². The minimum Gasteiger partial charge on any atom is -0.479 e. The third-order valence-electron chi connectivity index (χ3n) is 5.03. The number of aromatic nitrogens is 1. The van der Waals surface area contributed by atoms with Gasteiger partial charge >= 0.3 is 5.97 Å². The van der Waals surface area contributed by atoms with E-state index in [4.69, 9.17) is 0 Å². The molecule has 0 unspecified atom stereocenters. The van der Waals surface area contributed by atoms with E-state index in [1.54, 1.807) is 7.05 Å². The van der Waals surface area contributed by atoms with Gasteiger partial charge in [-0.2, -0.15) is 0 Å². The van der Waals surface area contributed by atoms with Crippen molar-refractivity contribution >= 4 is 23.2 Å². The summed E-state index contributed by atoms with van der Waals surface area (Å²) in [6, 6.07) is 0. The maximum absolute atomic E-state index is 12.3. The molecule has 1 amide bonds. The zero-order chi connectivity index (χ0) is 15.7. The maximum Gasteiger partial charge on any atom is 0.329 e. The molecule has 1 aromatic heterocycles. The number of nitrogens with zero attached hydrogens (tertiary/aromatic N) is 2. The third-order valence-corrected chi connectivity index (χ3v) is 5.90. The van der Waals surface area contributed by atoms with Gasteiger partial charge in [0.25, 0.3) is 0 Å². The summed E-state index contributed by atoms with van der Waals surface area (Å²) in [6.07, 6.45) is 7.54. The van der Waals surface area contributed by atoms with Gasteiger partial charge in [0, 0.05) is 18.3 Å². The number of thiazole rings is 1. The highest BCUT2D eigenvalue weighted by atomic mass is 32.1. The second-order valence-corrected chi connectivity index (χ2v) is 7.41.